The van der Waals surface area contributed by atoms with Crippen LogP contribution in [-0.4, -0.2) is 63.3 Å². The number of likely N-dealkylation sites (N-methyl/N-ethyl adjacent to an activating group) is 2. The minimum atomic E-state index is 0.382. The van der Waals surface area contributed by atoms with Crippen LogP contribution in [0.2, 0.25) is 0 Å². The highest BCUT2D eigenvalue weighted by atomic mass is 16.5. The number of ether oxygens (including phenoxy) is 1. The van der Waals surface area contributed by atoms with Gasteiger partial charge in [-0.3, -0.25) is 0 Å². The van der Waals surface area contributed by atoms with Crippen molar-refractivity contribution in [3.05, 3.63) is 0 Å². The smallest absolute Gasteiger partial charge is 0.0824 e. The van der Waals surface area contributed by atoms with E-state index in [-0.39, 0.29) is 0 Å². The zero-order valence-electron chi connectivity index (χ0n) is 7.71. The number of hydrogen-bond donors (Lipinski definition) is 0. The van der Waals surface area contributed by atoms with E-state index in [1.807, 2.05) is 0 Å². The predicted octanol–water partition coefficient (Wildman–Crippen LogP) is -0.121. The molecule has 1 saturated heterocycles. The minimum absolute atomic E-state index is 0.382. The predicted molar refractivity (Wildman–Crippen MR) is 45.8 cm³/mol. The summed E-state index contributed by atoms with van der Waals surface area (Å²) < 4.78 is 5.33. The first-order chi connectivity index (χ1) is 5.22. The Morgan fingerprint density at radius 2 is 1.55 bits per heavy atom. The van der Waals surface area contributed by atoms with Gasteiger partial charge in [-0.25, -0.2) is 0 Å². The van der Waals surface area contributed by atoms with E-state index >= 15 is 0 Å². The third kappa shape index (κ3) is 2.77. The average molecular weight is 158 g/mol. The number of methoxy groups -OCH3 is 1. The van der Waals surface area contributed by atoms with Crippen LogP contribution in [0.15, 0.2) is 0 Å². The molecule has 1 aliphatic rings. The molecule has 0 aromatic carbocycles. The summed E-state index contributed by atoms with van der Waals surface area (Å²) in [5.41, 5.74) is 0. The molecule has 0 atom stereocenters. The average Bonchev–Trinajstić information content (AvgIpc) is 2.13. The van der Waals surface area contributed by atoms with Crippen molar-refractivity contribution in [1.82, 2.24) is 9.80 Å². The van der Waals surface area contributed by atoms with Gasteiger partial charge in [0.15, 0.2) is 0 Å². The molecule has 0 aromatic rings. The fourth-order valence-electron chi connectivity index (χ4n) is 1.43. The van der Waals surface area contributed by atoms with Crippen molar-refractivity contribution in [2.45, 2.75) is 6.10 Å². The van der Waals surface area contributed by atoms with E-state index in [1.165, 1.54) is 0 Å². The molecule has 11 heavy (non-hydrogen) atoms. The van der Waals surface area contributed by atoms with Crippen molar-refractivity contribution in [3.63, 3.8) is 0 Å². The van der Waals surface area contributed by atoms with Crippen LogP contribution in [0, 0.1) is 0 Å². The second kappa shape index (κ2) is 4.04. The standard InChI is InChI=1S/C8H18N2O/c1-9-4-5-10(2)7-8(6-9)11-3/h8H,4-7H2,1-3H3. The lowest BCUT2D eigenvalue weighted by Gasteiger charge is -2.18. The maximum Gasteiger partial charge on any atom is 0.0824 e. The molecule has 0 aromatic heterocycles. The molecular weight excluding hydrogens is 140 g/mol. The molecule has 0 saturated carbocycles. The van der Waals surface area contributed by atoms with Crippen LogP contribution >= 0.6 is 0 Å². The van der Waals surface area contributed by atoms with Gasteiger partial charge in [-0.1, -0.05) is 0 Å². The first-order valence-corrected chi connectivity index (χ1v) is 4.12. The fourth-order valence-corrected chi connectivity index (χ4v) is 1.43. The molecule has 3 nitrogen and oxygen atoms in total. The van der Waals surface area contributed by atoms with Gasteiger partial charge in [-0.2, -0.15) is 0 Å². The highest BCUT2D eigenvalue weighted by Crippen LogP contribution is 2.01. The largest absolute Gasteiger partial charge is 0.379 e. The summed E-state index contributed by atoms with van der Waals surface area (Å²) in [5, 5.41) is 0. The van der Waals surface area contributed by atoms with Gasteiger partial charge in [0.1, 0.15) is 0 Å². The molecular formula is C8H18N2O. The van der Waals surface area contributed by atoms with Crippen LogP contribution in [0.5, 0.6) is 0 Å². The molecule has 1 heterocycles. The quantitative estimate of drug-likeness (QED) is 0.529. The van der Waals surface area contributed by atoms with E-state index < -0.39 is 0 Å². The molecule has 0 bridgehead atoms. The Labute approximate surface area is 68.9 Å². The summed E-state index contributed by atoms with van der Waals surface area (Å²) in [6.45, 7) is 4.41. The third-order valence-electron chi connectivity index (χ3n) is 2.23. The molecule has 1 rings (SSSR count). The molecule has 0 amide bonds. The van der Waals surface area contributed by atoms with E-state index in [9.17, 15) is 0 Å². The van der Waals surface area contributed by atoms with Crippen LogP contribution < -0.4 is 0 Å². The van der Waals surface area contributed by atoms with Crippen molar-refractivity contribution in [3.8, 4) is 0 Å². The molecule has 0 spiro atoms. The van der Waals surface area contributed by atoms with E-state index in [4.69, 9.17) is 4.74 Å². The summed E-state index contributed by atoms with van der Waals surface area (Å²) in [6.07, 6.45) is 0.382. The summed E-state index contributed by atoms with van der Waals surface area (Å²) in [7, 11) is 6.08. The van der Waals surface area contributed by atoms with Gasteiger partial charge >= 0.3 is 0 Å². The maximum atomic E-state index is 5.33. The van der Waals surface area contributed by atoms with Crippen LogP contribution in [0.25, 0.3) is 0 Å². The Bertz CT molecular complexity index is 107. The van der Waals surface area contributed by atoms with Gasteiger partial charge in [-0.05, 0) is 14.1 Å². The lowest BCUT2D eigenvalue weighted by atomic mass is 10.3. The fraction of sp³-hybridized carbons (Fsp3) is 1.00. The van der Waals surface area contributed by atoms with E-state index in [0.717, 1.165) is 26.2 Å². The van der Waals surface area contributed by atoms with Crippen LogP contribution in [0.1, 0.15) is 0 Å². The molecule has 0 radical (unpaired) electrons. The molecule has 66 valence electrons. The third-order valence-corrected chi connectivity index (χ3v) is 2.23. The zero-order valence-corrected chi connectivity index (χ0v) is 7.71. The van der Waals surface area contributed by atoms with Crippen molar-refractivity contribution in [1.29, 1.82) is 0 Å². The number of nitrogens with zero attached hydrogens (tertiary/aromatic N) is 2. The van der Waals surface area contributed by atoms with Crippen LogP contribution in [-0.2, 0) is 4.74 Å². The van der Waals surface area contributed by atoms with E-state index in [0.29, 0.717) is 6.10 Å². The van der Waals surface area contributed by atoms with Gasteiger partial charge in [0.25, 0.3) is 0 Å². The lowest BCUT2D eigenvalue weighted by molar-refractivity contribution is 0.0687. The summed E-state index contributed by atoms with van der Waals surface area (Å²) in [5.74, 6) is 0. The zero-order chi connectivity index (χ0) is 8.27. The van der Waals surface area contributed by atoms with Crippen LogP contribution in [0.3, 0.4) is 0 Å². The first-order valence-electron chi connectivity index (χ1n) is 4.12. The first kappa shape index (κ1) is 8.97. The number of hydrogen-bond acceptors (Lipinski definition) is 3. The van der Waals surface area contributed by atoms with E-state index in [2.05, 4.69) is 23.9 Å². The highest BCUT2D eigenvalue weighted by Gasteiger charge is 2.17. The Morgan fingerprint density at radius 1 is 1.09 bits per heavy atom. The van der Waals surface area contributed by atoms with Gasteiger partial charge in [-0.15, -0.1) is 0 Å². The second-order valence-corrected chi connectivity index (χ2v) is 3.38. The topological polar surface area (TPSA) is 15.7 Å². The minimum Gasteiger partial charge on any atom is -0.379 e. The van der Waals surface area contributed by atoms with E-state index in [1.54, 1.807) is 7.11 Å². The molecule has 1 fully saturated rings. The van der Waals surface area contributed by atoms with Crippen molar-refractivity contribution in [2.75, 3.05) is 47.4 Å². The van der Waals surface area contributed by atoms with Crippen LogP contribution in [0.4, 0.5) is 0 Å². The molecule has 0 N–H and O–H groups in total. The molecule has 1 aliphatic heterocycles. The Kier molecular flexibility index (Phi) is 3.30. The van der Waals surface area contributed by atoms with Gasteiger partial charge in [0.2, 0.25) is 0 Å². The summed E-state index contributed by atoms with van der Waals surface area (Å²) in [4.78, 5) is 4.63. The van der Waals surface area contributed by atoms with Gasteiger partial charge in [0, 0.05) is 33.3 Å². The molecule has 3 heteroatoms. The molecule has 0 aliphatic carbocycles. The second-order valence-electron chi connectivity index (χ2n) is 3.38. The van der Waals surface area contributed by atoms with Gasteiger partial charge in [0.05, 0.1) is 6.10 Å². The van der Waals surface area contributed by atoms with Crippen molar-refractivity contribution >= 4 is 0 Å². The SMILES string of the molecule is COC1CN(C)CCN(C)C1. The summed E-state index contributed by atoms with van der Waals surface area (Å²) >= 11 is 0. The van der Waals surface area contributed by atoms with Gasteiger partial charge < -0.3 is 14.5 Å². The summed E-state index contributed by atoms with van der Waals surface area (Å²) in [6, 6.07) is 0. The maximum absolute atomic E-state index is 5.33. The van der Waals surface area contributed by atoms with Crippen molar-refractivity contribution < 1.29 is 4.74 Å². The Hall–Kier alpha value is -0.120. The Balaban J connectivity index is 2.41. The highest BCUT2D eigenvalue weighted by molar-refractivity contribution is 4.72. The lowest BCUT2D eigenvalue weighted by Crippen LogP contribution is -2.32. The molecule has 0 unspecified atom stereocenters. The monoisotopic (exact) mass is 158 g/mol. The Morgan fingerprint density at radius 3 is 1.91 bits per heavy atom. The van der Waals surface area contributed by atoms with Crippen molar-refractivity contribution in [2.24, 2.45) is 0 Å². The number of rotatable bonds is 1. The normalized spacial score (nSPS) is 25.4.